The molecule has 2 rings (SSSR count). The Hall–Kier alpha value is -1.31. The molecule has 1 aliphatic rings. The smallest absolute Gasteiger partial charge is 0.159 e. The molecule has 0 aromatic carbocycles. The molecule has 1 saturated heterocycles. The average Bonchev–Trinajstić information content (AvgIpc) is 2.39. The lowest BCUT2D eigenvalue weighted by molar-refractivity contribution is -0.0117. The van der Waals surface area contributed by atoms with Gasteiger partial charge < -0.3 is 20.7 Å². The summed E-state index contributed by atoms with van der Waals surface area (Å²) in [6, 6.07) is 0. The van der Waals surface area contributed by atoms with Crippen molar-refractivity contribution < 1.29 is 4.74 Å². The van der Waals surface area contributed by atoms with Gasteiger partial charge in [0.05, 0.1) is 24.0 Å². The fourth-order valence-electron chi connectivity index (χ4n) is 2.23. The lowest BCUT2D eigenvalue weighted by atomic mass is 10.1. The number of morpholine rings is 1. The van der Waals surface area contributed by atoms with Crippen molar-refractivity contribution in [3.63, 3.8) is 0 Å². The van der Waals surface area contributed by atoms with Crippen LogP contribution in [0, 0.1) is 13.8 Å². The molecule has 0 aliphatic carbocycles. The van der Waals surface area contributed by atoms with Gasteiger partial charge in [0.15, 0.2) is 5.82 Å². The molecule has 0 bridgehead atoms. The molecule has 1 aromatic heterocycles. The zero-order valence-electron chi connectivity index (χ0n) is 12.1. The van der Waals surface area contributed by atoms with Gasteiger partial charge in [0, 0.05) is 19.6 Å². The number of nitrogens with zero attached hydrogens (tertiary/aromatic N) is 3. The summed E-state index contributed by atoms with van der Waals surface area (Å²) in [5.41, 5.74) is 8.38. The number of hydrogen-bond donors (Lipinski definition) is 2. The Balaban J connectivity index is 2.09. The lowest BCUT2D eigenvalue weighted by Gasteiger charge is -2.30. The number of aryl methyl sites for hydroxylation is 1. The van der Waals surface area contributed by atoms with Crippen LogP contribution in [0.2, 0.25) is 0 Å². The topological polar surface area (TPSA) is 76.3 Å². The van der Waals surface area contributed by atoms with Crippen molar-refractivity contribution >= 4 is 23.0 Å². The number of ether oxygens (including phenoxy) is 1. The van der Waals surface area contributed by atoms with E-state index in [1.54, 1.807) is 0 Å². The highest BCUT2D eigenvalue weighted by Gasteiger charge is 2.19. The van der Waals surface area contributed by atoms with Crippen molar-refractivity contribution in [2.75, 3.05) is 38.6 Å². The molecule has 0 amide bonds. The third kappa shape index (κ3) is 3.41. The standard InChI is InChI=1S/C13H21N5OS/c1-8-9(2)16-17-13(11(8)12(14)20)15-6-10-7-18(3)4-5-19-10/h10H,4-7H2,1-3H3,(H2,14,20)(H,15,17). The van der Waals surface area contributed by atoms with Crippen LogP contribution >= 0.6 is 12.2 Å². The molecule has 1 unspecified atom stereocenters. The van der Waals surface area contributed by atoms with Crippen LogP contribution in [0.4, 0.5) is 5.82 Å². The minimum absolute atomic E-state index is 0.136. The summed E-state index contributed by atoms with van der Waals surface area (Å²) in [5, 5.41) is 11.5. The molecular weight excluding hydrogens is 274 g/mol. The number of aromatic nitrogens is 2. The van der Waals surface area contributed by atoms with Gasteiger partial charge in [-0.05, 0) is 26.5 Å². The first-order chi connectivity index (χ1) is 9.49. The van der Waals surface area contributed by atoms with E-state index in [-0.39, 0.29) is 6.10 Å². The van der Waals surface area contributed by atoms with Gasteiger partial charge in [-0.3, -0.25) is 0 Å². The summed E-state index contributed by atoms with van der Waals surface area (Å²) < 4.78 is 5.71. The maximum atomic E-state index is 5.80. The first-order valence-corrected chi connectivity index (χ1v) is 7.07. The molecule has 7 heteroatoms. The molecule has 2 heterocycles. The van der Waals surface area contributed by atoms with Crippen molar-refractivity contribution in [2.45, 2.75) is 20.0 Å². The molecule has 3 N–H and O–H groups in total. The molecule has 1 aliphatic heterocycles. The Kier molecular flexibility index (Phi) is 4.85. The minimum Gasteiger partial charge on any atom is -0.389 e. The molecule has 0 saturated carbocycles. The first kappa shape index (κ1) is 15.1. The van der Waals surface area contributed by atoms with Crippen LogP contribution in [0.5, 0.6) is 0 Å². The SMILES string of the molecule is Cc1nnc(NCC2CN(C)CCO2)c(C(N)=S)c1C. The van der Waals surface area contributed by atoms with Crippen molar-refractivity contribution in [1.82, 2.24) is 15.1 Å². The molecule has 1 fully saturated rings. The molecule has 20 heavy (non-hydrogen) atoms. The number of thiocarbonyl (C=S) groups is 1. The van der Waals surface area contributed by atoms with Gasteiger partial charge >= 0.3 is 0 Å². The zero-order chi connectivity index (χ0) is 14.7. The van der Waals surface area contributed by atoms with Crippen molar-refractivity contribution in [1.29, 1.82) is 0 Å². The highest BCUT2D eigenvalue weighted by Crippen LogP contribution is 2.18. The maximum Gasteiger partial charge on any atom is 0.159 e. The van der Waals surface area contributed by atoms with Gasteiger partial charge in [-0.25, -0.2) is 0 Å². The molecule has 110 valence electrons. The Labute approximate surface area is 124 Å². The molecule has 1 atom stereocenters. The number of likely N-dealkylation sites (N-methyl/N-ethyl adjacent to an activating group) is 1. The Bertz CT molecular complexity index is 508. The lowest BCUT2D eigenvalue weighted by Crippen LogP contribution is -2.43. The van der Waals surface area contributed by atoms with Crippen LogP contribution in [-0.4, -0.2) is 59.5 Å². The van der Waals surface area contributed by atoms with E-state index in [2.05, 4.69) is 27.5 Å². The minimum atomic E-state index is 0.136. The van der Waals surface area contributed by atoms with Gasteiger partial charge in [-0.2, -0.15) is 5.10 Å². The summed E-state index contributed by atoms with van der Waals surface area (Å²) in [7, 11) is 2.09. The number of anilines is 1. The summed E-state index contributed by atoms with van der Waals surface area (Å²) in [6.45, 7) is 7.13. The summed E-state index contributed by atoms with van der Waals surface area (Å²) in [5.74, 6) is 0.637. The van der Waals surface area contributed by atoms with Crippen LogP contribution < -0.4 is 11.1 Å². The molecule has 0 spiro atoms. The number of nitrogens with one attached hydrogen (secondary N) is 1. The fourth-order valence-corrected chi connectivity index (χ4v) is 2.48. The van der Waals surface area contributed by atoms with Crippen molar-refractivity contribution in [3.05, 3.63) is 16.8 Å². The monoisotopic (exact) mass is 295 g/mol. The van der Waals surface area contributed by atoms with Crippen LogP contribution in [0.15, 0.2) is 0 Å². The van der Waals surface area contributed by atoms with E-state index in [1.807, 2.05) is 13.8 Å². The third-order valence-electron chi connectivity index (χ3n) is 3.54. The highest BCUT2D eigenvalue weighted by atomic mass is 32.1. The van der Waals surface area contributed by atoms with Crippen molar-refractivity contribution in [3.8, 4) is 0 Å². The van der Waals surface area contributed by atoms with E-state index in [4.69, 9.17) is 22.7 Å². The van der Waals surface area contributed by atoms with Crippen molar-refractivity contribution in [2.24, 2.45) is 5.73 Å². The van der Waals surface area contributed by atoms with Gasteiger partial charge in [0.25, 0.3) is 0 Å². The van der Waals surface area contributed by atoms with E-state index in [1.165, 1.54) is 0 Å². The van der Waals surface area contributed by atoms with E-state index in [9.17, 15) is 0 Å². The Morgan fingerprint density at radius 3 is 2.90 bits per heavy atom. The van der Waals surface area contributed by atoms with Gasteiger partial charge in [-0.15, -0.1) is 5.10 Å². The second kappa shape index (κ2) is 6.43. The van der Waals surface area contributed by atoms with Crippen LogP contribution in [0.25, 0.3) is 0 Å². The predicted octanol–water partition coefficient (Wildman–Crippen LogP) is 0.470. The van der Waals surface area contributed by atoms with Gasteiger partial charge in [-0.1, -0.05) is 12.2 Å². The normalized spacial score (nSPS) is 19.9. The fraction of sp³-hybridized carbons (Fsp3) is 0.615. The summed E-state index contributed by atoms with van der Waals surface area (Å²) in [4.78, 5) is 2.58. The second-order valence-electron chi connectivity index (χ2n) is 5.13. The molecule has 0 radical (unpaired) electrons. The predicted molar refractivity (Wildman–Crippen MR) is 83.1 cm³/mol. The second-order valence-corrected chi connectivity index (χ2v) is 5.57. The quantitative estimate of drug-likeness (QED) is 0.782. The Morgan fingerprint density at radius 1 is 1.50 bits per heavy atom. The Morgan fingerprint density at radius 2 is 2.25 bits per heavy atom. The van der Waals surface area contributed by atoms with Crippen LogP contribution in [-0.2, 0) is 4.74 Å². The van der Waals surface area contributed by atoms with Crippen LogP contribution in [0.1, 0.15) is 16.8 Å². The van der Waals surface area contributed by atoms with E-state index >= 15 is 0 Å². The summed E-state index contributed by atoms with van der Waals surface area (Å²) in [6.07, 6.45) is 0.136. The number of hydrogen-bond acceptors (Lipinski definition) is 6. The third-order valence-corrected chi connectivity index (χ3v) is 3.74. The summed E-state index contributed by atoms with van der Waals surface area (Å²) >= 11 is 5.12. The number of nitrogens with two attached hydrogens (primary N) is 1. The molecule has 6 nitrogen and oxygen atoms in total. The van der Waals surface area contributed by atoms with Crippen LogP contribution in [0.3, 0.4) is 0 Å². The number of rotatable bonds is 4. The molecule has 1 aromatic rings. The average molecular weight is 295 g/mol. The van der Waals surface area contributed by atoms with E-state index in [0.29, 0.717) is 17.4 Å². The zero-order valence-corrected chi connectivity index (χ0v) is 13.0. The molecular formula is C13H21N5OS. The maximum absolute atomic E-state index is 5.80. The largest absolute Gasteiger partial charge is 0.389 e. The highest BCUT2D eigenvalue weighted by molar-refractivity contribution is 7.80. The first-order valence-electron chi connectivity index (χ1n) is 6.66. The van der Waals surface area contributed by atoms with E-state index < -0.39 is 0 Å². The van der Waals surface area contributed by atoms with Gasteiger partial charge in [0.2, 0.25) is 0 Å². The van der Waals surface area contributed by atoms with E-state index in [0.717, 1.165) is 36.5 Å². The van der Waals surface area contributed by atoms with Gasteiger partial charge in [0.1, 0.15) is 4.99 Å².